The van der Waals surface area contributed by atoms with E-state index in [0.717, 1.165) is 23.3 Å². The Kier molecular flexibility index (Phi) is 7.07. The van der Waals surface area contributed by atoms with Gasteiger partial charge in [-0.15, -0.1) is 23.2 Å². The summed E-state index contributed by atoms with van der Waals surface area (Å²) in [7, 11) is 0. The summed E-state index contributed by atoms with van der Waals surface area (Å²) < 4.78 is 6.32. The third kappa shape index (κ3) is 4.34. The Labute approximate surface area is 203 Å². The molecule has 1 aromatic carbocycles. The van der Waals surface area contributed by atoms with E-state index in [4.69, 9.17) is 33.0 Å². The molecule has 1 fully saturated rings. The highest BCUT2D eigenvalue weighted by molar-refractivity contribution is 6.45. The molecule has 0 radical (unpaired) electrons. The highest BCUT2D eigenvalue weighted by Crippen LogP contribution is 2.56. The summed E-state index contributed by atoms with van der Waals surface area (Å²) in [5.41, 5.74) is -1.23. The van der Waals surface area contributed by atoms with E-state index < -0.39 is 38.8 Å². The molecule has 3 N–H and O–H groups in total. The summed E-state index contributed by atoms with van der Waals surface area (Å²) in [5.74, 6) is -2.07. The van der Waals surface area contributed by atoms with E-state index in [0.29, 0.717) is 12.8 Å². The highest BCUT2D eigenvalue weighted by atomic mass is 35.5. The van der Waals surface area contributed by atoms with Gasteiger partial charge in [-0.2, -0.15) is 0 Å². The monoisotopic (exact) mass is 496 g/mol. The Balaban J connectivity index is 2.10. The van der Waals surface area contributed by atoms with Crippen LogP contribution in [0.15, 0.2) is 35.4 Å². The Bertz CT molecular complexity index is 1040. The molecule has 2 aliphatic rings. The van der Waals surface area contributed by atoms with Crippen LogP contribution in [-0.2, 0) is 4.74 Å². The summed E-state index contributed by atoms with van der Waals surface area (Å²) in [4.78, 5) is 25.7. The number of benzene rings is 1. The summed E-state index contributed by atoms with van der Waals surface area (Å²) in [6, 6.07) is 2.17. The van der Waals surface area contributed by atoms with Crippen molar-refractivity contribution in [3.8, 4) is 11.5 Å². The number of halogens is 2. The number of hydrogen-bond donors (Lipinski definition) is 3. The fraction of sp³-hybridized carbons (Fsp3) is 0.520. The first-order chi connectivity index (χ1) is 15.3. The molecule has 0 saturated carbocycles. The van der Waals surface area contributed by atoms with Gasteiger partial charge in [-0.3, -0.25) is 9.59 Å². The third-order valence-corrected chi connectivity index (χ3v) is 7.92. The third-order valence-electron chi connectivity index (χ3n) is 6.61. The number of carbonyl (C=O) groups is 2. The minimum Gasteiger partial charge on any atom is -0.508 e. The zero-order valence-corrected chi connectivity index (χ0v) is 20.8. The van der Waals surface area contributed by atoms with Crippen LogP contribution in [-0.4, -0.2) is 54.9 Å². The van der Waals surface area contributed by atoms with Gasteiger partial charge in [0.05, 0.1) is 23.1 Å². The van der Waals surface area contributed by atoms with Crippen LogP contribution in [0.1, 0.15) is 74.1 Å². The van der Waals surface area contributed by atoms with Gasteiger partial charge in [-0.25, -0.2) is 0 Å². The summed E-state index contributed by atoms with van der Waals surface area (Å²) in [6.07, 6.45) is 5.17. The van der Waals surface area contributed by atoms with Crippen LogP contribution in [0.4, 0.5) is 0 Å². The number of Topliss-reactive ketones (excluding diaryl/α,β-unsaturated/α-hetero) is 2. The van der Waals surface area contributed by atoms with Crippen molar-refractivity contribution in [3.63, 3.8) is 0 Å². The number of allylic oxidation sites excluding steroid dienone is 2. The predicted molar refractivity (Wildman–Crippen MR) is 128 cm³/mol. The fourth-order valence-electron chi connectivity index (χ4n) is 4.53. The van der Waals surface area contributed by atoms with Crippen molar-refractivity contribution in [2.24, 2.45) is 0 Å². The van der Waals surface area contributed by atoms with Crippen molar-refractivity contribution in [2.75, 3.05) is 6.61 Å². The number of aliphatic hydroxyl groups excluding tert-OH is 1. The first-order valence-electron chi connectivity index (χ1n) is 10.9. The lowest BCUT2D eigenvalue weighted by Crippen LogP contribution is -2.72. The Morgan fingerprint density at radius 2 is 1.82 bits per heavy atom. The molecule has 0 amide bonds. The van der Waals surface area contributed by atoms with Crippen molar-refractivity contribution in [1.82, 2.24) is 0 Å². The summed E-state index contributed by atoms with van der Waals surface area (Å²) in [6.45, 7) is 7.24. The van der Waals surface area contributed by atoms with Crippen LogP contribution in [0, 0.1) is 0 Å². The van der Waals surface area contributed by atoms with Gasteiger partial charge in [-0.05, 0) is 53.0 Å². The van der Waals surface area contributed by atoms with Gasteiger partial charge in [0.25, 0.3) is 0 Å². The number of phenols is 2. The number of hydrogen-bond acceptors (Lipinski definition) is 6. The average Bonchev–Trinajstić information content (AvgIpc) is 2.73. The van der Waals surface area contributed by atoms with Gasteiger partial charge in [0, 0.05) is 18.1 Å². The molecule has 0 aromatic heterocycles. The topological polar surface area (TPSA) is 104 Å². The molecule has 1 saturated heterocycles. The van der Waals surface area contributed by atoms with E-state index in [1.54, 1.807) is 13.8 Å². The molecular formula is C25H30Cl2O6. The van der Waals surface area contributed by atoms with Crippen molar-refractivity contribution in [2.45, 2.75) is 74.8 Å². The predicted octanol–water partition coefficient (Wildman–Crippen LogP) is 5.05. The van der Waals surface area contributed by atoms with E-state index in [2.05, 4.69) is 0 Å². The number of aromatic hydroxyl groups is 2. The Morgan fingerprint density at radius 3 is 2.45 bits per heavy atom. The maximum atomic E-state index is 13.9. The number of ether oxygens (including phenoxy) is 1. The Morgan fingerprint density at radius 1 is 1.15 bits per heavy atom. The largest absolute Gasteiger partial charge is 0.508 e. The molecule has 0 spiro atoms. The maximum Gasteiger partial charge on any atom is 0.198 e. The van der Waals surface area contributed by atoms with Crippen molar-refractivity contribution in [1.29, 1.82) is 0 Å². The number of fused-ring (bicyclic) bond motifs is 2. The molecule has 6 nitrogen and oxygen atoms in total. The van der Waals surface area contributed by atoms with Crippen molar-refractivity contribution >= 4 is 34.8 Å². The Hall–Kier alpha value is -1.86. The molecule has 8 heteroatoms. The van der Waals surface area contributed by atoms with Crippen LogP contribution in [0.3, 0.4) is 0 Å². The lowest BCUT2D eigenvalue weighted by molar-refractivity contribution is -0.157. The SMILES string of the molecule is C/C(=C\CC/C(C)=C/C[C@@]12OC(C)(C)[C@H](Cl)C[C@]1(Cl)C(=O)c1c(O)cc(O)cc1C2=O)CO. The zero-order valence-electron chi connectivity index (χ0n) is 19.2. The second-order valence-electron chi connectivity index (χ2n) is 9.55. The van der Waals surface area contributed by atoms with Crippen LogP contribution < -0.4 is 0 Å². The number of rotatable bonds is 6. The van der Waals surface area contributed by atoms with Crippen LogP contribution >= 0.6 is 23.2 Å². The summed E-state index contributed by atoms with van der Waals surface area (Å²) >= 11 is 13.5. The molecule has 0 bridgehead atoms. The van der Waals surface area contributed by atoms with E-state index in [9.17, 15) is 19.8 Å². The van der Waals surface area contributed by atoms with E-state index in [-0.39, 0.29) is 36.3 Å². The number of alkyl halides is 2. The van der Waals surface area contributed by atoms with Gasteiger partial charge in [0.2, 0.25) is 0 Å². The standard InChI is InChI=1S/C25H30Cl2O6/c1-14(6-5-7-15(2)13-28)8-9-25-21(31)17-10-16(29)11-18(30)20(17)22(32)24(25,27)12-19(26)23(3,4)33-25/h7-8,10-11,19,28-30H,5-6,9,12-13H2,1-4H3/b14-8+,15-7+/t19-,24+,25+/m1/s1. The number of phenolic OH excluding ortho intramolecular Hbond substituents is 2. The van der Waals surface area contributed by atoms with Gasteiger partial charge < -0.3 is 20.1 Å². The smallest absolute Gasteiger partial charge is 0.198 e. The molecule has 1 aliphatic carbocycles. The first-order valence-corrected chi connectivity index (χ1v) is 11.7. The minimum atomic E-state index is -1.82. The van der Waals surface area contributed by atoms with Gasteiger partial charge >= 0.3 is 0 Å². The zero-order chi connectivity index (χ0) is 24.8. The van der Waals surface area contributed by atoms with Gasteiger partial charge in [0.1, 0.15) is 16.4 Å². The normalized spacial score (nSPS) is 29.6. The average molecular weight is 497 g/mol. The first kappa shape index (κ1) is 25.8. The minimum absolute atomic E-state index is 0.00112. The highest BCUT2D eigenvalue weighted by Gasteiger charge is 2.70. The molecule has 1 aromatic rings. The summed E-state index contributed by atoms with van der Waals surface area (Å²) in [5, 5.41) is 28.8. The van der Waals surface area contributed by atoms with Crippen LogP contribution in [0.25, 0.3) is 0 Å². The molecule has 3 rings (SSSR count). The van der Waals surface area contributed by atoms with Crippen LogP contribution in [0.5, 0.6) is 11.5 Å². The van der Waals surface area contributed by atoms with E-state index in [1.165, 1.54) is 0 Å². The number of aliphatic hydroxyl groups is 1. The number of ketones is 2. The fourth-order valence-corrected chi connectivity index (χ4v) is 5.33. The second kappa shape index (κ2) is 9.06. The van der Waals surface area contributed by atoms with Crippen LogP contribution in [0.2, 0.25) is 0 Å². The lowest BCUT2D eigenvalue weighted by Gasteiger charge is -2.56. The van der Waals surface area contributed by atoms with Crippen molar-refractivity contribution < 1.29 is 29.6 Å². The van der Waals surface area contributed by atoms with Gasteiger partial charge in [0.15, 0.2) is 17.2 Å². The molecule has 1 heterocycles. The molecule has 3 atom stereocenters. The van der Waals surface area contributed by atoms with E-state index in [1.807, 2.05) is 26.0 Å². The quantitative estimate of drug-likeness (QED) is 0.375. The van der Waals surface area contributed by atoms with Crippen molar-refractivity contribution in [3.05, 3.63) is 46.6 Å². The number of carbonyl (C=O) groups excluding carboxylic acids is 2. The molecule has 0 unspecified atom stereocenters. The van der Waals surface area contributed by atoms with E-state index >= 15 is 0 Å². The second-order valence-corrected chi connectivity index (χ2v) is 10.7. The lowest BCUT2D eigenvalue weighted by atomic mass is 9.63. The molecular weight excluding hydrogens is 467 g/mol. The molecule has 1 aliphatic heterocycles. The molecule has 33 heavy (non-hydrogen) atoms. The van der Waals surface area contributed by atoms with Gasteiger partial charge in [-0.1, -0.05) is 23.3 Å². The maximum absolute atomic E-state index is 13.9. The molecule has 180 valence electrons.